The molecule has 1 aliphatic rings. The molecule has 3 nitrogen and oxygen atoms in total. The van der Waals surface area contributed by atoms with E-state index in [1.165, 1.54) is 16.5 Å². The van der Waals surface area contributed by atoms with Crippen LogP contribution in [0.5, 0.6) is 0 Å². The van der Waals surface area contributed by atoms with Crippen LogP contribution in [0.1, 0.15) is 27.7 Å². The Kier molecular flexibility index (Phi) is 5.56. The number of allylic oxidation sites excluding steroid dienone is 4. The number of anilines is 2. The van der Waals surface area contributed by atoms with E-state index in [1.807, 2.05) is 25.2 Å². The molecule has 0 bridgehead atoms. The molecule has 1 N–H and O–H groups in total. The van der Waals surface area contributed by atoms with Crippen molar-refractivity contribution in [3.8, 4) is 12.3 Å². The molecule has 0 fully saturated rings. The van der Waals surface area contributed by atoms with Gasteiger partial charge in [-0.05, 0) is 62.8 Å². The second-order valence-corrected chi connectivity index (χ2v) is 7.88. The highest BCUT2D eigenvalue weighted by molar-refractivity contribution is 6.76. The number of rotatable bonds is 5. The van der Waals surface area contributed by atoms with Gasteiger partial charge in [0.1, 0.15) is 12.4 Å². The summed E-state index contributed by atoms with van der Waals surface area (Å²) in [5, 5.41) is 6.15. The van der Waals surface area contributed by atoms with Crippen LogP contribution in [0.25, 0.3) is 10.8 Å². The van der Waals surface area contributed by atoms with E-state index in [4.69, 9.17) is 11.2 Å². The normalized spacial score (nSPS) is 14.2. The van der Waals surface area contributed by atoms with Crippen molar-refractivity contribution in [2.75, 3.05) is 16.6 Å². The fourth-order valence-electron chi connectivity index (χ4n) is 3.69. The van der Waals surface area contributed by atoms with E-state index in [-0.39, 0.29) is 19.1 Å². The van der Waals surface area contributed by atoms with Crippen molar-refractivity contribution < 1.29 is 4.74 Å². The number of nitrogens with one attached hydrogen (secondary N) is 1. The lowest BCUT2D eigenvalue weighted by Gasteiger charge is -2.46. The Bertz CT molecular complexity index is 987. The summed E-state index contributed by atoms with van der Waals surface area (Å²) in [5.74, 6) is 3.22. The molecule has 0 radical (unpaired) electrons. The van der Waals surface area contributed by atoms with E-state index in [9.17, 15) is 0 Å². The first-order valence-electron chi connectivity index (χ1n) is 9.54. The van der Waals surface area contributed by atoms with Crippen molar-refractivity contribution >= 4 is 29.1 Å². The van der Waals surface area contributed by atoms with Crippen LogP contribution in [0.3, 0.4) is 0 Å². The lowest BCUT2D eigenvalue weighted by molar-refractivity contribution is 0.268. The summed E-state index contributed by atoms with van der Waals surface area (Å²) < 4.78 is 5.67. The van der Waals surface area contributed by atoms with Gasteiger partial charge in [-0.25, -0.2) is 0 Å². The van der Waals surface area contributed by atoms with Crippen LogP contribution in [-0.4, -0.2) is 19.1 Å². The quantitative estimate of drug-likeness (QED) is 0.323. The number of hydrogen-bond donors (Lipinski definition) is 1. The first-order valence-corrected chi connectivity index (χ1v) is 9.54. The molecular weight excluding hydrogens is 343 g/mol. The largest absolute Gasteiger partial charge is 0.481 e. The van der Waals surface area contributed by atoms with Crippen molar-refractivity contribution in [3.63, 3.8) is 0 Å². The fourth-order valence-corrected chi connectivity index (χ4v) is 3.69. The number of hydrogen-bond acceptors (Lipinski definition) is 3. The van der Waals surface area contributed by atoms with Crippen LogP contribution in [-0.2, 0) is 4.74 Å². The monoisotopic (exact) mass is 370 g/mol. The smallest absolute Gasteiger partial charge is 0.408 e. The molecule has 2 aromatic carbocycles. The highest BCUT2D eigenvalue weighted by Gasteiger charge is 2.39. The van der Waals surface area contributed by atoms with Gasteiger partial charge in [0.15, 0.2) is 0 Å². The van der Waals surface area contributed by atoms with Gasteiger partial charge >= 0.3 is 6.98 Å². The molecule has 1 aliphatic heterocycles. The van der Waals surface area contributed by atoms with Gasteiger partial charge in [0.25, 0.3) is 0 Å². The maximum absolute atomic E-state index is 5.67. The SMILES string of the molecule is C#CCOC(/C=C\C)=C/C(=C)B1Nc2cccc3cccc(c23)N1C(C)(C)C. The average molecular weight is 370 g/mol. The first-order chi connectivity index (χ1) is 13.4. The molecule has 142 valence electrons. The molecule has 28 heavy (non-hydrogen) atoms. The van der Waals surface area contributed by atoms with Crippen LogP contribution in [0.4, 0.5) is 11.4 Å². The Labute approximate surface area is 168 Å². The Morgan fingerprint density at radius 3 is 2.64 bits per heavy atom. The molecule has 0 saturated heterocycles. The van der Waals surface area contributed by atoms with E-state index in [1.54, 1.807) is 0 Å². The zero-order valence-corrected chi connectivity index (χ0v) is 17.1. The number of ether oxygens (including phenoxy) is 1. The molecule has 2 aromatic rings. The molecule has 0 aromatic heterocycles. The summed E-state index contributed by atoms with van der Waals surface area (Å²) >= 11 is 0. The standard InChI is InChI=1S/C24H27BN2O/c1-7-11-20(28-16-8-2)17-18(3)25-26-21-14-9-12-19-13-10-15-22(23(19)21)27(25)24(4,5)6/h2,7,9-15,17,26H,3,16H2,1,4-6H3/b11-7-,20-17+. The minimum absolute atomic E-state index is 0.102. The van der Waals surface area contributed by atoms with Crippen molar-refractivity contribution in [1.82, 2.24) is 0 Å². The minimum atomic E-state index is -0.114. The maximum Gasteiger partial charge on any atom is 0.408 e. The molecular formula is C24H27BN2O. The highest BCUT2D eigenvalue weighted by atomic mass is 16.5. The molecule has 4 heteroatoms. The topological polar surface area (TPSA) is 24.5 Å². The number of nitrogens with zero attached hydrogens (tertiary/aromatic N) is 1. The highest BCUT2D eigenvalue weighted by Crippen LogP contribution is 2.41. The van der Waals surface area contributed by atoms with Gasteiger partial charge in [-0.2, -0.15) is 0 Å². The van der Waals surface area contributed by atoms with Gasteiger partial charge in [-0.15, -0.1) is 13.0 Å². The Hall–Kier alpha value is -3.06. The van der Waals surface area contributed by atoms with Crippen LogP contribution < -0.4 is 10.0 Å². The Morgan fingerprint density at radius 2 is 2.00 bits per heavy atom. The lowest BCUT2D eigenvalue weighted by Crippen LogP contribution is -2.57. The van der Waals surface area contributed by atoms with Crippen LogP contribution in [0, 0.1) is 12.3 Å². The second-order valence-electron chi connectivity index (χ2n) is 7.88. The van der Waals surface area contributed by atoms with E-state index >= 15 is 0 Å². The van der Waals surface area contributed by atoms with E-state index in [0.29, 0.717) is 5.76 Å². The molecule has 0 amide bonds. The molecule has 0 unspecified atom stereocenters. The third-order valence-corrected chi connectivity index (χ3v) is 4.75. The van der Waals surface area contributed by atoms with Crippen LogP contribution >= 0.6 is 0 Å². The molecule has 0 aliphatic carbocycles. The average Bonchev–Trinajstić information content (AvgIpc) is 2.65. The van der Waals surface area contributed by atoms with E-state index in [0.717, 1.165) is 11.2 Å². The van der Waals surface area contributed by atoms with Crippen molar-refractivity contribution in [1.29, 1.82) is 0 Å². The van der Waals surface area contributed by atoms with Crippen LogP contribution in [0.2, 0.25) is 0 Å². The number of benzene rings is 2. The number of terminal acetylenes is 1. The summed E-state index contributed by atoms with van der Waals surface area (Å²) in [5.41, 5.74) is 3.12. The zero-order chi connectivity index (χ0) is 20.3. The molecule has 3 rings (SSSR count). The summed E-state index contributed by atoms with van der Waals surface area (Å²) in [6.07, 6.45) is 11.1. The fraction of sp³-hybridized carbons (Fsp3) is 0.250. The predicted octanol–water partition coefficient (Wildman–Crippen LogP) is 5.56. The van der Waals surface area contributed by atoms with E-state index < -0.39 is 0 Å². The Morgan fingerprint density at radius 1 is 1.29 bits per heavy atom. The van der Waals surface area contributed by atoms with Crippen molar-refractivity contribution in [3.05, 3.63) is 72.4 Å². The third kappa shape index (κ3) is 3.80. The van der Waals surface area contributed by atoms with Gasteiger partial charge in [0.05, 0.1) is 0 Å². The van der Waals surface area contributed by atoms with Crippen molar-refractivity contribution in [2.45, 2.75) is 33.2 Å². The zero-order valence-electron chi connectivity index (χ0n) is 17.1. The summed E-state index contributed by atoms with van der Waals surface area (Å²) in [7, 11) is 0. The second kappa shape index (κ2) is 7.90. The first kappa shape index (κ1) is 19.7. The van der Waals surface area contributed by atoms with Gasteiger partial charge in [0.2, 0.25) is 0 Å². The summed E-state index contributed by atoms with van der Waals surface area (Å²) in [6.45, 7) is 13.1. The van der Waals surface area contributed by atoms with Gasteiger partial charge in [-0.1, -0.05) is 36.3 Å². The van der Waals surface area contributed by atoms with Crippen molar-refractivity contribution in [2.24, 2.45) is 0 Å². The predicted molar refractivity (Wildman–Crippen MR) is 122 cm³/mol. The molecule has 0 atom stereocenters. The van der Waals surface area contributed by atoms with Crippen LogP contribution in [0.15, 0.2) is 72.4 Å². The minimum Gasteiger partial charge on any atom is -0.481 e. The maximum atomic E-state index is 5.67. The molecule has 0 saturated carbocycles. The van der Waals surface area contributed by atoms with E-state index in [2.05, 4.69) is 79.7 Å². The third-order valence-electron chi connectivity index (χ3n) is 4.75. The van der Waals surface area contributed by atoms with Gasteiger partial charge < -0.3 is 14.8 Å². The molecule has 0 spiro atoms. The lowest BCUT2D eigenvalue weighted by atomic mass is 9.61. The van der Waals surface area contributed by atoms with Gasteiger partial charge in [-0.3, -0.25) is 0 Å². The summed E-state index contributed by atoms with van der Waals surface area (Å²) in [6, 6.07) is 12.8. The Balaban J connectivity index is 2.08. The summed E-state index contributed by atoms with van der Waals surface area (Å²) in [4.78, 5) is 2.38. The molecule has 1 heterocycles. The van der Waals surface area contributed by atoms with Gasteiger partial charge in [0, 0.05) is 22.3 Å².